The van der Waals surface area contributed by atoms with E-state index in [1.165, 1.54) is 19.6 Å². The Labute approximate surface area is 119 Å². The number of likely N-dealkylation sites (N-methyl/N-ethyl adjacent to an activating group) is 1. The number of hydrogen-bond donors (Lipinski definition) is 1. The Hall–Kier alpha value is -2.04. The molecule has 0 saturated carbocycles. The minimum absolute atomic E-state index is 0.255. The second-order valence-electron chi connectivity index (χ2n) is 4.95. The Morgan fingerprint density at radius 1 is 1.35 bits per heavy atom. The van der Waals surface area contributed by atoms with Crippen LogP contribution in [0.4, 0.5) is 5.69 Å². The normalized spacial score (nSPS) is 11.7. The van der Waals surface area contributed by atoms with Crippen LogP contribution in [0.3, 0.4) is 0 Å². The van der Waals surface area contributed by atoms with Gasteiger partial charge in [-0.15, -0.1) is 0 Å². The van der Waals surface area contributed by atoms with Crippen LogP contribution in [-0.2, 0) is 14.3 Å². The van der Waals surface area contributed by atoms with Gasteiger partial charge in [0.1, 0.15) is 6.04 Å². The zero-order chi connectivity index (χ0) is 15.3. The molecule has 0 spiro atoms. The van der Waals surface area contributed by atoms with Crippen LogP contribution in [-0.4, -0.2) is 38.6 Å². The van der Waals surface area contributed by atoms with Crippen LogP contribution in [0.25, 0.3) is 0 Å². The van der Waals surface area contributed by atoms with Crippen LogP contribution in [0.5, 0.6) is 0 Å². The zero-order valence-corrected chi connectivity index (χ0v) is 12.7. The number of ether oxygens (including phenoxy) is 1. The summed E-state index contributed by atoms with van der Waals surface area (Å²) in [5.41, 5.74) is 3.33. The van der Waals surface area contributed by atoms with Crippen molar-refractivity contribution in [2.24, 2.45) is 0 Å². The van der Waals surface area contributed by atoms with E-state index in [0.717, 1.165) is 11.3 Å². The highest BCUT2D eigenvalue weighted by molar-refractivity contribution is 5.83. The van der Waals surface area contributed by atoms with Crippen molar-refractivity contribution in [1.29, 1.82) is 0 Å². The minimum Gasteiger partial charge on any atom is -0.467 e. The molecule has 0 fully saturated rings. The number of amides is 1. The molecule has 0 radical (unpaired) electrons. The van der Waals surface area contributed by atoms with E-state index in [-0.39, 0.29) is 5.91 Å². The number of nitrogens with one attached hydrogen (secondary N) is 1. The highest BCUT2D eigenvalue weighted by Crippen LogP contribution is 2.20. The number of benzene rings is 1. The van der Waals surface area contributed by atoms with Crippen molar-refractivity contribution in [3.63, 3.8) is 0 Å². The van der Waals surface area contributed by atoms with E-state index in [0.29, 0.717) is 6.54 Å². The van der Waals surface area contributed by atoms with Crippen LogP contribution in [0.2, 0.25) is 0 Å². The molecule has 110 valence electrons. The second kappa shape index (κ2) is 6.93. The molecule has 0 saturated heterocycles. The Balaban J connectivity index is 2.86. The van der Waals surface area contributed by atoms with Crippen LogP contribution in [0.15, 0.2) is 18.2 Å². The van der Waals surface area contributed by atoms with Crippen molar-refractivity contribution >= 4 is 17.6 Å². The summed E-state index contributed by atoms with van der Waals surface area (Å²) in [7, 11) is 3.20. The molecule has 0 aliphatic heterocycles. The number of rotatable bonds is 5. The fourth-order valence-corrected chi connectivity index (χ4v) is 2.17. The van der Waals surface area contributed by atoms with E-state index in [1.807, 2.05) is 37.9 Å². The highest BCUT2D eigenvalue weighted by Gasteiger charge is 2.22. The first-order valence-electron chi connectivity index (χ1n) is 6.48. The molecule has 1 rings (SSSR count). The molecule has 1 unspecified atom stereocenters. The molecule has 1 aromatic rings. The molecule has 0 heterocycles. The Morgan fingerprint density at radius 3 is 2.50 bits per heavy atom. The lowest BCUT2D eigenvalue weighted by molar-refractivity contribution is -0.144. The fourth-order valence-electron chi connectivity index (χ4n) is 2.17. The third-order valence-corrected chi connectivity index (χ3v) is 3.08. The number of nitrogens with zero attached hydrogens (tertiary/aromatic N) is 1. The quantitative estimate of drug-likeness (QED) is 0.828. The summed E-state index contributed by atoms with van der Waals surface area (Å²) in [6.07, 6.45) is 0. The van der Waals surface area contributed by atoms with Gasteiger partial charge in [-0.3, -0.25) is 4.79 Å². The van der Waals surface area contributed by atoms with Gasteiger partial charge in [0.05, 0.1) is 7.11 Å². The molecule has 0 aliphatic carbocycles. The van der Waals surface area contributed by atoms with Crippen LogP contribution in [0, 0.1) is 13.8 Å². The van der Waals surface area contributed by atoms with Gasteiger partial charge in [0, 0.05) is 26.2 Å². The lowest BCUT2D eigenvalue weighted by Crippen LogP contribution is -2.47. The van der Waals surface area contributed by atoms with Gasteiger partial charge in [-0.2, -0.15) is 0 Å². The number of hydrogen-bond acceptors (Lipinski definition) is 4. The third kappa shape index (κ3) is 4.26. The number of methoxy groups -OCH3 is 1. The number of carbonyl (C=O) groups excluding carboxylic acids is 2. The lowest BCUT2D eigenvalue weighted by atomic mass is 10.1. The zero-order valence-electron chi connectivity index (χ0n) is 12.7. The number of esters is 1. The van der Waals surface area contributed by atoms with Gasteiger partial charge < -0.3 is 15.0 Å². The highest BCUT2D eigenvalue weighted by atomic mass is 16.5. The fraction of sp³-hybridized carbons (Fsp3) is 0.467. The molecular weight excluding hydrogens is 256 g/mol. The number of anilines is 1. The van der Waals surface area contributed by atoms with Gasteiger partial charge in [-0.1, -0.05) is 17.7 Å². The SMILES string of the molecule is COC(=O)C(CN(C)c1ccc(C)cc1C)NC(C)=O. The van der Waals surface area contributed by atoms with Crippen molar-refractivity contribution in [1.82, 2.24) is 5.32 Å². The van der Waals surface area contributed by atoms with E-state index in [2.05, 4.69) is 11.4 Å². The molecule has 5 heteroatoms. The third-order valence-electron chi connectivity index (χ3n) is 3.08. The van der Waals surface area contributed by atoms with Crippen molar-refractivity contribution in [2.45, 2.75) is 26.8 Å². The maximum atomic E-state index is 11.7. The minimum atomic E-state index is -0.678. The summed E-state index contributed by atoms with van der Waals surface area (Å²) in [5, 5.41) is 2.61. The first-order valence-corrected chi connectivity index (χ1v) is 6.48. The van der Waals surface area contributed by atoms with E-state index in [9.17, 15) is 9.59 Å². The summed E-state index contributed by atoms with van der Waals surface area (Å²) in [4.78, 5) is 24.8. The first-order chi connectivity index (χ1) is 9.35. The molecule has 1 N–H and O–H groups in total. The number of aryl methyl sites for hydroxylation is 2. The van der Waals surface area contributed by atoms with E-state index < -0.39 is 12.0 Å². The maximum absolute atomic E-state index is 11.7. The Kier molecular flexibility index (Phi) is 5.55. The lowest BCUT2D eigenvalue weighted by Gasteiger charge is -2.26. The van der Waals surface area contributed by atoms with E-state index in [1.54, 1.807) is 0 Å². The first kappa shape index (κ1) is 16.0. The molecule has 5 nitrogen and oxygen atoms in total. The predicted molar refractivity (Wildman–Crippen MR) is 78.8 cm³/mol. The average Bonchev–Trinajstić information content (AvgIpc) is 2.36. The standard InChI is InChI=1S/C15H22N2O3/c1-10-6-7-14(11(2)8-10)17(4)9-13(15(19)20-5)16-12(3)18/h6-8,13H,9H2,1-5H3,(H,16,18). The summed E-state index contributed by atoms with van der Waals surface area (Å²) in [5.74, 6) is -0.703. The second-order valence-corrected chi connectivity index (χ2v) is 4.95. The van der Waals surface area contributed by atoms with Crippen molar-refractivity contribution in [3.05, 3.63) is 29.3 Å². The summed E-state index contributed by atoms with van der Waals surface area (Å²) < 4.78 is 4.72. The topological polar surface area (TPSA) is 58.6 Å². The maximum Gasteiger partial charge on any atom is 0.330 e. The van der Waals surface area contributed by atoms with Crippen LogP contribution in [0.1, 0.15) is 18.1 Å². The van der Waals surface area contributed by atoms with Crippen molar-refractivity contribution in [2.75, 3.05) is 25.6 Å². The van der Waals surface area contributed by atoms with Gasteiger partial charge >= 0.3 is 5.97 Å². The van der Waals surface area contributed by atoms with Crippen molar-refractivity contribution in [3.8, 4) is 0 Å². The van der Waals surface area contributed by atoms with Gasteiger partial charge in [-0.05, 0) is 25.5 Å². The Bertz CT molecular complexity index is 500. The van der Waals surface area contributed by atoms with Gasteiger partial charge in [-0.25, -0.2) is 4.79 Å². The molecule has 0 aromatic heterocycles. The van der Waals surface area contributed by atoms with E-state index >= 15 is 0 Å². The summed E-state index contributed by atoms with van der Waals surface area (Å²) in [6.45, 7) is 5.79. The molecule has 1 aromatic carbocycles. The van der Waals surface area contributed by atoms with Crippen molar-refractivity contribution < 1.29 is 14.3 Å². The van der Waals surface area contributed by atoms with Crippen LogP contribution < -0.4 is 10.2 Å². The van der Waals surface area contributed by atoms with Gasteiger partial charge in [0.2, 0.25) is 5.91 Å². The van der Waals surface area contributed by atoms with Crippen LogP contribution >= 0.6 is 0 Å². The smallest absolute Gasteiger partial charge is 0.330 e. The molecule has 0 bridgehead atoms. The molecular formula is C15H22N2O3. The molecule has 1 atom stereocenters. The van der Waals surface area contributed by atoms with Gasteiger partial charge in [0.25, 0.3) is 0 Å². The summed E-state index contributed by atoms with van der Waals surface area (Å²) in [6, 6.07) is 5.43. The Morgan fingerprint density at radius 2 is 2.00 bits per heavy atom. The van der Waals surface area contributed by atoms with Gasteiger partial charge in [0.15, 0.2) is 0 Å². The largest absolute Gasteiger partial charge is 0.467 e. The molecule has 1 amide bonds. The predicted octanol–water partition coefficient (Wildman–Crippen LogP) is 1.42. The monoisotopic (exact) mass is 278 g/mol. The van der Waals surface area contributed by atoms with E-state index in [4.69, 9.17) is 4.74 Å². The molecule has 20 heavy (non-hydrogen) atoms. The molecule has 0 aliphatic rings. The average molecular weight is 278 g/mol. The summed E-state index contributed by atoms with van der Waals surface area (Å²) >= 11 is 0. The number of carbonyl (C=O) groups is 2.